The van der Waals surface area contributed by atoms with E-state index in [4.69, 9.17) is 32.6 Å². The number of rotatable bonds is 3. The molecule has 1 aromatic carbocycles. The van der Waals surface area contributed by atoms with Crippen LogP contribution in [0.5, 0.6) is 0 Å². The molecule has 2 aromatic heterocycles. The van der Waals surface area contributed by atoms with Crippen LogP contribution >= 0.6 is 35.0 Å². The number of halogens is 2. The van der Waals surface area contributed by atoms with E-state index < -0.39 is 0 Å². The van der Waals surface area contributed by atoms with Crippen molar-refractivity contribution in [2.75, 3.05) is 6.54 Å². The summed E-state index contributed by atoms with van der Waals surface area (Å²) in [7, 11) is 0. The zero-order valence-electron chi connectivity index (χ0n) is 15.0. The fourth-order valence-corrected chi connectivity index (χ4v) is 5.26. The van der Waals surface area contributed by atoms with Crippen LogP contribution < -0.4 is 0 Å². The van der Waals surface area contributed by atoms with Crippen LogP contribution in [-0.2, 0) is 0 Å². The van der Waals surface area contributed by atoms with Gasteiger partial charge in [-0.1, -0.05) is 54.0 Å². The summed E-state index contributed by atoms with van der Waals surface area (Å²) in [6.07, 6.45) is 1.81. The number of fused-ring (bicyclic) bond motifs is 1. The van der Waals surface area contributed by atoms with Gasteiger partial charge in [-0.3, -0.25) is 4.98 Å². The first-order chi connectivity index (χ1) is 13.6. The molecule has 3 atom stereocenters. The zero-order valence-corrected chi connectivity index (χ0v) is 17.4. The van der Waals surface area contributed by atoms with Gasteiger partial charge >= 0.3 is 0 Å². The number of hydrogen-bond donors (Lipinski definition) is 0. The summed E-state index contributed by atoms with van der Waals surface area (Å²) in [6.45, 7) is 3.16. The lowest BCUT2D eigenvalue weighted by Crippen LogP contribution is -2.28. The van der Waals surface area contributed by atoms with Gasteiger partial charge in [-0.15, -0.1) is 0 Å². The van der Waals surface area contributed by atoms with E-state index in [2.05, 4.69) is 16.8 Å². The molecule has 0 spiro atoms. The van der Waals surface area contributed by atoms with Crippen LogP contribution in [0.4, 0.5) is 0 Å². The van der Waals surface area contributed by atoms with Crippen molar-refractivity contribution in [1.82, 2.24) is 9.88 Å². The predicted molar refractivity (Wildman–Crippen MR) is 115 cm³/mol. The Labute approximate surface area is 177 Å². The standard InChI is InChI=1S/C21H17Cl2N3OS/c1-12-11-26-20(19(25-21(26)28-12)15-7-2-3-10-24-15)17-9-8-16(27-17)13-5-4-6-14(22)18(13)23/h2-10,12,19-20H,11H2,1H3/t12-,19-,20-/m1/s1. The Morgan fingerprint density at radius 2 is 2.00 bits per heavy atom. The SMILES string of the molecule is C[C@@H]1CN2C(=N[C@H](c3ccccn3)[C@H]2c2ccc(-c3cccc(Cl)c3Cl)o2)S1. The topological polar surface area (TPSA) is 41.6 Å². The van der Waals surface area contributed by atoms with Crippen molar-refractivity contribution in [3.63, 3.8) is 0 Å². The lowest BCUT2D eigenvalue weighted by Gasteiger charge is -2.25. The summed E-state index contributed by atoms with van der Waals surface area (Å²) in [5.74, 6) is 1.56. The van der Waals surface area contributed by atoms with Crippen molar-refractivity contribution in [2.45, 2.75) is 24.3 Å². The quantitative estimate of drug-likeness (QED) is 0.494. The Morgan fingerprint density at radius 3 is 2.82 bits per heavy atom. The van der Waals surface area contributed by atoms with Gasteiger partial charge in [0, 0.05) is 23.6 Å². The van der Waals surface area contributed by atoms with E-state index in [1.807, 2.05) is 60.4 Å². The van der Waals surface area contributed by atoms with E-state index in [1.54, 1.807) is 6.07 Å². The van der Waals surface area contributed by atoms with E-state index >= 15 is 0 Å². The molecule has 0 aliphatic carbocycles. The van der Waals surface area contributed by atoms with Crippen LogP contribution in [0.15, 0.2) is 64.1 Å². The number of pyridine rings is 1. The highest BCUT2D eigenvalue weighted by atomic mass is 35.5. The number of hydrogen-bond acceptors (Lipinski definition) is 5. The molecule has 1 saturated heterocycles. The summed E-state index contributed by atoms with van der Waals surface area (Å²) in [6, 6.07) is 15.4. The van der Waals surface area contributed by atoms with Crippen molar-refractivity contribution < 1.29 is 4.42 Å². The van der Waals surface area contributed by atoms with Gasteiger partial charge in [-0.2, -0.15) is 0 Å². The summed E-state index contributed by atoms with van der Waals surface area (Å²) >= 11 is 14.4. The lowest BCUT2D eigenvalue weighted by atomic mass is 10.0. The fourth-order valence-electron chi connectivity index (χ4n) is 3.78. The Balaban J connectivity index is 1.55. The van der Waals surface area contributed by atoms with Crippen molar-refractivity contribution in [2.24, 2.45) is 4.99 Å². The van der Waals surface area contributed by atoms with E-state index in [0.29, 0.717) is 21.1 Å². The molecule has 7 heteroatoms. The third kappa shape index (κ3) is 3.02. The molecular weight excluding hydrogens is 413 g/mol. The predicted octanol–water partition coefficient (Wildman–Crippen LogP) is 6.24. The molecule has 0 saturated carbocycles. The minimum atomic E-state index is -0.0926. The molecule has 2 aliphatic heterocycles. The molecule has 0 amide bonds. The highest BCUT2D eigenvalue weighted by Gasteiger charge is 2.45. The van der Waals surface area contributed by atoms with E-state index in [-0.39, 0.29) is 12.1 Å². The van der Waals surface area contributed by atoms with Gasteiger partial charge in [0.2, 0.25) is 0 Å². The van der Waals surface area contributed by atoms with Gasteiger partial charge in [-0.05, 0) is 36.4 Å². The average Bonchev–Trinajstić information content (AvgIpc) is 3.38. The molecule has 0 bridgehead atoms. The molecule has 3 aromatic rings. The van der Waals surface area contributed by atoms with Crippen molar-refractivity contribution in [3.8, 4) is 11.3 Å². The lowest BCUT2D eigenvalue weighted by molar-refractivity contribution is 0.277. The number of amidine groups is 1. The summed E-state index contributed by atoms with van der Waals surface area (Å²) < 4.78 is 6.29. The molecule has 2 aliphatic rings. The summed E-state index contributed by atoms with van der Waals surface area (Å²) in [5, 5.41) is 2.58. The number of furan rings is 1. The van der Waals surface area contributed by atoms with Gasteiger partial charge in [0.1, 0.15) is 23.6 Å². The zero-order chi connectivity index (χ0) is 19.3. The van der Waals surface area contributed by atoms with Crippen molar-refractivity contribution >= 4 is 40.1 Å². The highest BCUT2D eigenvalue weighted by Crippen LogP contribution is 2.48. The molecule has 0 radical (unpaired) electrons. The van der Waals surface area contributed by atoms with E-state index in [1.165, 1.54) is 0 Å². The van der Waals surface area contributed by atoms with Gasteiger partial charge < -0.3 is 9.32 Å². The Morgan fingerprint density at radius 1 is 1.11 bits per heavy atom. The minimum Gasteiger partial charge on any atom is -0.459 e. The fraction of sp³-hybridized carbons (Fsp3) is 0.238. The van der Waals surface area contributed by atoms with Crippen LogP contribution in [-0.4, -0.2) is 26.8 Å². The number of aromatic nitrogens is 1. The smallest absolute Gasteiger partial charge is 0.161 e. The molecule has 0 N–H and O–H groups in total. The van der Waals surface area contributed by atoms with Gasteiger partial charge in [0.25, 0.3) is 0 Å². The van der Waals surface area contributed by atoms with Gasteiger partial charge in [0.05, 0.1) is 15.7 Å². The third-order valence-corrected chi connectivity index (χ3v) is 6.94. The maximum absolute atomic E-state index is 6.39. The molecule has 142 valence electrons. The number of aliphatic imine (C=N–C) groups is 1. The van der Waals surface area contributed by atoms with Crippen LogP contribution in [0.3, 0.4) is 0 Å². The maximum Gasteiger partial charge on any atom is 0.161 e. The molecule has 4 nitrogen and oxygen atoms in total. The van der Waals surface area contributed by atoms with Crippen molar-refractivity contribution in [3.05, 3.63) is 76.2 Å². The van der Waals surface area contributed by atoms with Crippen LogP contribution in [0, 0.1) is 0 Å². The first kappa shape index (κ1) is 18.1. The Hall–Kier alpha value is -1.95. The molecule has 1 fully saturated rings. The first-order valence-corrected chi connectivity index (χ1v) is 10.7. The maximum atomic E-state index is 6.39. The molecule has 4 heterocycles. The molecular formula is C21H17Cl2N3OS. The summed E-state index contributed by atoms with van der Waals surface area (Å²) in [4.78, 5) is 11.9. The average molecular weight is 430 g/mol. The Kier molecular flexibility index (Phi) is 4.62. The van der Waals surface area contributed by atoms with Crippen LogP contribution in [0.25, 0.3) is 11.3 Å². The molecule has 0 unspecified atom stereocenters. The van der Waals surface area contributed by atoms with Gasteiger partial charge in [-0.25, -0.2) is 4.99 Å². The second kappa shape index (κ2) is 7.14. The second-order valence-corrected chi connectivity index (χ2v) is 9.13. The monoisotopic (exact) mass is 429 g/mol. The molecule has 5 rings (SSSR count). The van der Waals surface area contributed by atoms with E-state index in [0.717, 1.165) is 28.7 Å². The van der Waals surface area contributed by atoms with Crippen LogP contribution in [0.2, 0.25) is 10.0 Å². The number of nitrogens with zero attached hydrogens (tertiary/aromatic N) is 3. The highest BCUT2D eigenvalue weighted by molar-refractivity contribution is 8.14. The third-order valence-electron chi connectivity index (χ3n) is 5.02. The normalized spacial score (nSPS) is 23.8. The Bertz CT molecular complexity index is 1050. The molecule has 28 heavy (non-hydrogen) atoms. The van der Waals surface area contributed by atoms with E-state index in [9.17, 15) is 0 Å². The summed E-state index contributed by atoms with van der Waals surface area (Å²) in [5.41, 5.74) is 1.74. The van der Waals surface area contributed by atoms with Crippen LogP contribution in [0.1, 0.15) is 30.5 Å². The minimum absolute atomic E-state index is 0.0194. The number of thioether (sulfide) groups is 1. The van der Waals surface area contributed by atoms with Crippen molar-refractivity contribution in [1.29, 1.82) is 0 Å². The number of benzene rings is 1. The largest absolute Gasteiger partial charge is 0.459 e. The first-order valence-electron chi connectivity index (χ1n) is 9.08. The second-order valence-electron chi connectivity index (χ2n) is 6.94. The van der Waals surface area contributed by atoms with Gasteiger partial charge in [0.15, 0.2) is 5.17 Å².